The summed E-state index contributed by atoms with van der Waals surface area (Å²) in [5.41, 5.74) is 1.57. The molecule has 0 heterocycles. The molecule has 0 spiro atoms. The fraction of sp³-hybridized carbons (Fsp3) is 0.632. The van der Waals surface area contributed by atoms with Crippen LogP contribution in [0.3, 0.4) is 0 Å². The van der Waals surface area contributed by atoms with Crippen LogP contribution in [0.4, 0.5) is 8.78 Å². The number of carbonyl (C=O) groups is 1. The van der Waals surface area contributed by atoms with E-state index in [0.29, 0.717) is 24.0 Å². The van der Waals surface area contributed by atoms with E-state index in [1.165, 1.54) is 6.07 Å². The second kappa shape index (κ2) is 5.02. The molecule has 2 fully saturated rings. The average molecular weight is 320 g/mol. The smallest absolute Gasteiger partial charge is 0.267 e. The van der Waals surface area contributed by atoms with Crippen molar-refractivity contribution in [2.45, 2.75) is 57.8 Å². The second-order valence-electron chi connectivity index (χ2n) is 7.74. The van der Waals surface area contributed by atoms with Crippen LogP contribution in [0.25, 0.3) is 0 Å². The van der Waals surface area contributed by atoms with Crippen LogP contribution < -0.4 is 0 Å². The Morgan fingerprint density at radius 2 is 2.00 bits per heavy atom. The molecule has 0 aliphatic heterocycles. The first-order valence-corrected chi connectivity index (χ1v) is 8.59. The van der Waals surface area contributed by atoms with Crippen molar-refractivity contribution >= 4 is 5.78 Å². The Morgan fingerprint density at radius 3 is 2.74 bits per heavy atom. The number of aromatic hydroxyl groups is 1. The van der Waals surface area contributed by atoms with E-state index in [1.54, 1.807) is 6.07 Å². The van der Waals surface area contributed by atoms with E-state index >= 15 is 0 Å². The zero-order valence-electron chi connectivity index (χ0n) is 13.3. The standard InChI is InChI=1S/C19H22F2O2/c1-19-7-6-11-12(15(19)4-5-17(19)23)3-2-10-8-16(22)14(18(20)21)9-13(10)11/h8-9,11-12,15,18,22H,2-7H2,1H3. The fourth-order valence-electron chi connectivity index (χ4n) is 5.57. The van der Waals surface area contributed by atoms with Crippen LogP contribution in [0.2, 0.25) is 0 Å². The summed E-state index contributed by atoms with van der Waals surface area (Å²) in [7, 11) is 0. The number of Topliss-reactive ketones (excluding diaryl/α,β-unsaturated/α-hetero) is 1. The van der Waals surface area contributed by atoms with Gasteiger partial charge in [-0.25, -0.2) is 8.78 Å². The van der Waals surface area contributed by atoms with Gasteiger partial charge in [0.2, 0.25) is 0 Å². The quantitative estimate of drug-likeness (QED) is 0.810. The number of carbonyl (C=O) groups excluding carboxylic acids is 1. The Kier molecular flexibility index (Phi) is 3.30. The number of hydrogen-bond donors (Lipinski definition) is 1. The topological polar surface area (TPSA) is 37.3 Å². The van der Waals surface area contributed by atoms with Crippen molar-refractivity contribution in [1.29, 1.82) is 0 Å². The van der Waals surface area contributed by atoms with Gasteiger partial charge >= 0.3 is 0 Å². The number of hydrogen-bond acceptors (Lipinski definition) is 2. The van der Waals surface area contributed by atoms with Crippen molar-refractivity contribution in [2.75, 3.05) is 0 Å². The fourth-order valence-corrected chi connectivity index (χ4v) is 5.57. The molecule has 4 rings (SSSR count). The maximum absolute atomic E-state index is 13.1. The van der Waals surface area contributed by atoms with E-state index in [2.05, 4.69) is 6.92 Å². The normalized spacial score (nSPS) is 35.8. The Labute approximate surface area is 134 Å². The van der Waals surface area contributed by atoms with Gasteiger partial charge in [-0.3, -0.25) is 4.79 Å². The van der Waals surface area contributed by atoms with Gasteiger partial charge in [0.1, 0.15) is 11.5 Å². The molecule has 1 aromatic rings. The number of aryl methyl sites for hydroxylation is 1. The summed E-state index contributed by atoms with van der Waals surface area (Å²) in [5.74, 6) is 1.19. The van der Waals surface area contributed by atoms with Crippen LogP contribution >= 0.6 is 0 Å². The maximum Gasteiger partial charge on any atom is 0.267 e. The number of fused-ring (bicyclic) bond motifs is 5. The number of ketones is 1. The molecule has 4 heteroatoms. The van der Waals surface area contributed by atoms with Crippen molar-refractivity contribution in [3.05, 3.63) is 28.8 Å². The Morgan fingerprint density at radius 1 is 1.22 bits per heavy atom. The van der Waals surface area contributed by atoms with Crippen LogP contribution in [-0.2, 0) is 11.2 Å². The predicted octanol–water partition coefficient (Wildman–Crippen LogP) is 4.76. The van der Waals surface area contributed by atoms with Gasteiger partial charge in [0.05, 0.1) is 5.56 Å². The van der Waals surface area contributed by atoms with E-state index in [-0.39, 0.29) is 22.6 Å². The maximum atomic E-state index is 13.1. The first-order chi connectivity index (χ1) is 10.9. The minimum absolute atomic E-state index is 0.193. The van der Waals surface area contributed by atoms with Crippen molar-refractivity contribution in [2.24, 2.45) is 17.3 Å². The second-order valence-corrected chi connectivity index (χ2v) is 7.74. The van der Waals surface area contributed by atoms with Gasteiger partial charge in [-0.2, -0.15) is 0 Å². The highest BCUT2D eigenvalue weighted by molar-refractivity contribution is 5.87. The molecular formula is C19H22F2O2. The van der Waals surface area contributed by atoms with E-state index in [0.717, 1.165) is 43.2 Å². The first-order valence-electron chi connectivity index (χ1n) is 8.59. The molecule has 0 saturated heterocycles. The largest absolute Gasteiger partial charge is 0.507 e. The van der Waals surface area contributed by atoms with E-state index in [1.807, 2.05) is 0 Å². The summed E-state index contributed by atoms with van der Waals surface area (Å²) >= 11 is 0. The lowest BCUT2D eigenvalue weighted by Crippen LogP contribution is -2.42. The minimum Gasteiger partial charge on any atom is -0.507 e. The van der Waals surface area contributed by atoms with Crippen molar-refractivity contribution in [1.82, 2.24) is 0 Å². The van der Waals surface area contributed by atoms with E-state index in [9.17, 15) is 18.7 Å². The number of halogens is 2. The third-order valence-corrected chi connectivity index (χ3v) is 6.82. The summed E-state index contributed by atoms with van der Waals surface area (Å²) in [6, 6.07) is 3.08. The number of phenols is 1. The van der Waals surface area contributed by atoms with Crippen LogP contribution in [0, 0.1) is 17.3 Å². The molecule has 2 nitrogen and oxygen atoms in total. The molecule has 0 amide bonds. The third kappa shape index (κ3) is 2.06. The molecule has 0 bridgehead atoms. The predicted molar refractivity (Wildman–Crippen MR) is 82.7 cm³/mol. The summed E-state index contributed by atoms with van der Waals surface area (Å²) in [4.78, 5) is 12.3. The molecule has 4 unspecified atom stereocenters. The van der Waals surface area contributed by atoms with Crippen LogP contribution in [0.1, 0.15) is 68.1 Å². The molecule has 23 heavy (non-hydrogen) atoms. The Balaban J connectivity index is 1.74. The summed E-state index contributed by atoms with van der Waals surface area (Å²) in [6.45, 7) is 2.11. The van der Waals surface area contributed by atoms with Gasteiger partial charge in [-0.1, -0.05) is 6.92 Å². The summed E-state index contributed by atoms with van der Waals surface area (Å²) in [6.07, 6.45) is 2.54. The SMILES string of the molecule is CC12CCC3c4cc(C(F)F)c(O)cc4CCC3C1CCC2=O. The molecule has 1 aromatic carbocycles. The van der Waals surface area contributed by atoms with Gasteiger partial charge in [-0.05, 0) is 73.1 Å². The number of phenolic OH excluding ortho intramolecular Hbond substituents is 1. The minimum atomic E-state index is -2.65. The zero-order chi connectivity index (χ0) is 16.4. The molecular weight excluding hydrogens is 298 g/mol. The third-order valence-electron chi connectivity index (χ3n) is 6.82. The van der Waals surface area contributed by atoms with Gasteiger partial charge in [-0.15, -0.1) is 0 Å². The highest BCUT2D eigenvalue weighted by Crippen LogP contribution is 2.59. The van der Waals surface area contributed by atoms with E-state index < -0.39 is 6.43 Å². The lowest BCUT2D eigenvalue weighted by Gasteiger charge is -2.48. The zero-order valence-corrected chi connectivity index (χ0v) is 13.3. The molecule has 3 aliphatic rings. The first kappa shape index (κ1) is 15.1. The van der Waals surface area contributed by atoms with Crippen molar-refractivity contribution < 1.29 is 18.7 Å². The molecule has 0 aromatic heterocycles. The Bertz CT molecular complexity index is 670. The lowest BCUT2D eigenvalue weighted by atomic mass is 9.55. The highest BCUT2D eigenvalue weighted by Gasteiger charge is 2.54. The molecule has 0 radical (unpaired) electrons. The number of benzene rings is 1. The molecule has 2 saturated carbocycles. The van der Waals surface area contributed by atoms with Crippen LogP contribution in [0.15, 0.2) is 12.1 Å². The molecule has 4 atom stereocenters. The monoisotopic (exact) mass is 320 g/mol. The lowest BCUT2D eigenvalue weighted by molar-refractivity contribution is -0.129. The molecule has 3 aliphatic carbocycles. The number of rotatable bonds is 1. The van der Waals surface area contributed by atoms with E-state index in [4.69, 9.17) is 0 Å². The summed E-state index contributed by atoms with van der Waals surface area (Å²) < 4.78 is 26.3. The van der Waals surface area contributed by atoms with Gasteiger partial charge in [0.15, 0.2) is 0 Å². The van der Waals surface area contributed by atoms with Gasteiger partial charge in [0.25, 0.3) is 6.43 Å². The van der Waals surface area contributed by atoms with Crippen molar-refractivity contribution in [3.63, 3.8) is 0 Å². The summed E-state index contributed by atoms with van der Waals surface area (Å²) in [5, 5.41) is 9.83. The van der Waals surface area contributed by atoms with Crippen molar-refractivity contribution in [3.8, 4) is 5.75 Å². The highest BCUT2D eigenvalue weighted by atomic mass is 19.3. The van der Waals surface area contributed by atoms with Gasteiger partial charge < -0.3 is 5.11 Å². The molecule has 1 N–H and O–H groups in total. The number of alkyl halides is 2. The van der Waals surface area contributed by atoms with Gasteiger partial charge in [0, 0.05) is 11.8 Å². The molecule has 124 valence electrons. The van der Waals surface area contributed by atoms with Crippen LogP contribution in [0.5, 0.6) is 5.75 Å². The average Bonchev–Trinajstić information content (AvgIpc) is 2.81. The Hall–Kier alpha value is -1.45. The van der Waals surface area contributed by atoms with Crippen LogP contribution in [-0.4, -0.2) is 10.9 Å².